The zero-order valence-corrected chi connectivity index (χ0v) is 15.9. The number of nitrogens with one attached hydrogen (secondary N) is 2. The van der Waals surface area contributed by atoms with E-state index in [1.54, 1.807) is 6.92 Å². The molecule has 3 rings (SSSR count). The molecule has 6 heteroatoms. The quantitative estimate of drug-likeness (QED) is 0.718. The Morgan fingerprint density at radius 2 is 1.64 bits per heavy atom. The molecular weight excluding hydrogens is 365 g/mol. The van der Waals surface area contributed by atoms with Crippen LogP contribution in [0, 0.1) is 0 Å². The summed E-state index contributed by atoms with van der Waals surface area (Å²) in [4.78, 5) is 12.5. The maximum atomic E-state index is 13.1. The second-order valence-corrected chi connectivity index (χ2v) is 7.49. The summed E-state index contributed by atoms with van der Waals surface area (Å²) in [5.41, 5.74) is 0.161. The Kier molecular flexibility index (Phi) is 6.08. The van der Waals surface area contributed by atoms with E-state index in [4.69, 9.17) is 0 Å². The van der Waals surface area contributed by atoms with Gasteiger partial charge in [-0.05, 0) is 37.5 Å². The van der Waals surface area contributed by atoms with Crippen molar-refractivity contribution in [2.75, 3.05) is 11.9 Å². The molecule has 0 bridgehead atoms. The predicted molar refractivity (Wildman–Crippen MR) is 104 cm³/mol. The second-order valence-electron chi connectivity index (χ2n) is 7.49. The monoisotopic (exact) mass is 390 g/mol. The van der Waals surface area contributed by atoms with Crippen molar-refractivity contribution in [1.82, 2.24) is 5.32 Å². The summed E-state index contributed by atoms with van der Waals surface area (Å²) in [7, 11) is 0. The van der Waals surface area contributed by atoms with Crippen molar-refractivity contribution in [3.8, 4) is 0 Å². The number of hydrogen-bond donors (Lipinski definition) is 2. The fourth-order valence-electron chi connectivity index (χ4n) is 3.93. The molecule has 0 saturated heterocycles. The smallest absolute Gasteiger partial charge is 0.324 e. The Hall–Kier alpha value is -2.34. The lowest BCUT2D eigenvalue weighted by Gasteiger charge is -2.31. The standard InChI is InChI=1S/C22H25F3N2O/c1-16(20(28)27-19-12-6-5-11-18(19)22(23,24)25)26-15-21(13-7-8-14-21)17-9-3-2-4-10-17/h2-6,9-12,16,26H,7-8,13-15H2,1H3,(H,27,28). The van der Waals surface area contributed by atoms with E-state index in [0.29, 0.717) is 6.54 Å². The van der Waals surface area contributed by atoms with Crippen LogP contribution in [0.1, 0.15) is 43.7 Å². The molecule has 0 aromatic heterocycles. The van der Waals surface area contributed by atoms with Crippen LogP contribution in [-0.4, -0.2) is 18.5 Å². The van der Waals surface area contributed by atoms with Gasteiger partial charge in [-0.3, -0.25) is 4.79 Å². The van der Waals surface area contributed by atoms with Crippen molar-refractivity contribution >= 4 is 11.6 Å². The van der Waals surface area contributed by atoms with Gasteiger partial charge in [-0.15, -0.1) is 0 Å². The van der Waals surface area contributed by atoms with Gasteiger partial charge in [-0.25, -0.2) is 0 Å². The lowest BCUT2D eigenvalue weighted by atomic mass is 9.78. The maximum Gasteiger partial charge on any atom is 0.418 e. The summed E-state index contributed by atoms with van der Waals surface area (Å²) < 4.78 is 39.4. The number of rotatable bonds is 6. The Bertz CT molecular complexity index is 799. The Morgan fingerprint density at radius 3 is 2.29 bits per heavy atom. The minimum Gasteiger partial charge on any atom is -0.324 e. The fraction of sp³-hybridized carbons (Fsp3) is 0.409. The molecule has 1 amide bonds. The Balaban J connectivity index is 1.67. The van der Waals surface area contributed by atoms with E-state index in [-0.39, 0.29) is 11.1 Å². The summed E-state index contributed by atoms with van der Waals surface area (Å²) in [6, 6.07) is 14.6. The number of halogens is 3. The highest BCUT2D eigenvalue weighted by atomic mass is 19.4. The van der Waals surface area contributed by atoms with Crippen molar-refractivity contribution in [2.24, 2.45) is 0 Å². The molecule has 28 heavy (non-hydrogen) atoms. The van der Waals surface area contributed by atoms with E-state index >= 15 is 0 Å². The van der Waals surface area contributed by atoms with Crippen LogP contribution in [0.3, 0.4) is 0 Å². The van der Waals surface area contributed by atoms with Gasteiger partial charge in [0.2, 0.25) is 5.91 Å². The molecule has 150 valence electrons. The molecule has 3 nitrogen and oxygen atoms in total. The third kappa shape index (κ3) is 4.55. The summed E-state index contributed by atoms with van der Waals surface area (Å²) in [6.45, 7) is 2.30. The van der Waals surface area contributed by atoms with Crippen LogP contribution >= 0.6 is 0 Å². The molecule has 2 aromatic rings. The van der Waals surface area contributed by atoms with E-state index in [1.807, 2.05) is 18.2 Å². The summed E-state index contributed by atoms with van der Waals surface area (Å²) >= 11 is 0. The zero-order chi connectivity index (χ0) is 20.2. The topological polar surface area (TPSA) is 41.1 Å². The summed E-state index contributed by atoms with van der Waals surface area (Å²) in [5, 5.41) is 5.67. The first-order valence-electron chi connectivity index (χ1n) is 9.58. The molecule has 0 heterocycles. The van der Waals surface area contributed by atoms with E-state index in [2.05, 4.69) is 22.8 Å². The van der Waals surface area contributed by atoms with Gasteiger partial charge in [0.05, 0.1) is 17.3 Å². The molecule has 1 fully saturated rings. The third-order valence-electron chi connectivity index (χ3n) is 5.58. The van der Waals surface area contributed by atoms with Crippen molar-refractivity contribution < 1.29 is 18.0 Å². The number of para-hydroxylation sites is 1. The molecule has 1 atom stereocenters. The minimum atomic E-state index is -4.51. The van der Waals surface area contributed by atoms with Crippen LogP contribution in [0.25, 0.3) is 0 Å². The highest BCUT2D eigenvalue weighted by Crippen LogP contribution is 2.40. The molecule has 0 spiro atoms. The van der Waals surface area contributed by atoms with E-state index in [9.17, 15) is 18.0 Å². The summed E-state index contributed by atoms with van der Waals surface area (Å²) in [5.74, 6) is -0.474. The molecular formula is C22H25F3N2O. The fourth-order valence-corrected chi connectivity index (χ4v) is 3.93. The largest absolute Gasteiger partial charge is 0.418 e. The zero-order valence-electron chi connectivity index (χ0n) is 15.9. The number of benzene rings is 2. The van der Waals surface area contributed by atoms with Gasteiger partial charge in [0.25, 0.3) is 0 Å². The van der Waals surface area contributed by atoms with Gasteiger partial charge >= 0.3 is 6.18 Å². The average Bonchev–Trinajstić information content (AvgIpc) is 3.16. The first-order valence-corrected chi connectivity index (χ1v) is 9.58. The lowest BCUT2D eigenvalue weighted by Crippen LogP contribution is -2.45. The van der Waals surface area contributed by atoms with Gasteiger partial charge in [-0.2, -0.15) is 13.2 Å². The maximum absolute atomic E-state index is 13.1. The number of amides is 1. The first kappa shape index (κ1) is 20.4. The number of alkyl halides is 3. The second kappa shape index (κ2) is 8.35. The van der Waals surface area contributed by atoms with Crippen LogP contribution in [-0.2, 0) is 16.4 Å². The number of anilines is 1. The number of carbonyl (C=O) groups is 1. The van der Waals surface area contributed by atoms with Crippen LogP contribution in [0.2, 0.25) is 0 Å². The summed E-state index contributed by atoms with van der Waals surface area (Å²) in [6.07, 6.45) is -0.168. The van der Waals surface area contributed by atoms with Crippen molar-refractivity contribution in [1.29, 1.82) is 0 Å². The number of carbonyl (C=O) groups excluding carboxylic acids is 1. The third-order valence-corrected chi connectivity index (χ3v) is 5.58. The van der Waals surface area contributed by atoms with Crippen LogP contribution < -0.4 is 10.6 Å². The molecule has 1 aliphatic carbocycles. The van der Waals surface area contributed by atoms with Crippen molar-refractivity contribution in [3.63, 3.8) is 0 Å². The number of hydrogen-bond acceptors (Lipinski definition) is 2. The van der Waals surface area contributed by atoms with Crippen molar-refractivity contribution in [3.05, 3.63) is 65.7 Å². The highest BCUT2D eigenvalue weighted by molar-refractivity contribution is 5.95. The molecule has 0 radical (unpaired) electrons. The van der Waals surface area contributed by atoms with Gasteiger partial charge in [0, 0.05) is 12.0 Å². The molecule has 0 aliphatic heterocycles. The first-order chi connectivity index (χ1) is 13.3. The lowest BCUT2D eigenvalue weighted by molar-refractivity contribution is -0.137. The molecule has 1 unspecified atom stereocenters. The van der Waals surface area contributed by atoms with Crippen molar-refractivity contribution in [2.45, 2.75) is 50.2 Å². The minimum absolute atomic E-state index is 0.0281. The predicted octanol–water partition coefficient (Wildman–Crippen LogP) is 5.13. The van der Waals surface area contributed by atoms with Crippen LogP contribution in [0.4, 0.5) is 18.9 Å². The van der Waals surface area contributed by atoms with Crippen LogP contribution in [0.5, 0.6) is 0 Å². The van der Waals surface area contributed by atoms with Gasteiger partial charge in [0.15, 0.2) is 0 Å². The molecule has 1 saturated carbocycles. The van der Waals surface area contributed by atoms with Gasteiger partial charge < -0.3 is 10.6 Å². The molecule has 2 N–H and O–H groups in total. The Labute approximate surface area is 163 Å². The highest BCUT2D eigenvalue weighted by Gasteiger charge is 2.36. The van der Waals surface area contributed by atoms with Gasteiger partial charge in [0.1, 0.15) is 0 Å². The van der Waals surface area contributed by atoms with Gasteiger partial charge in [-0.1, -0.05) is 55.3 Å². The Morgan fingerprint density at radius 1 is 1.04 bits per heavy atom. The van der Waals surface area contributed by atoms with E-state index < -0.39 is 23.7 Å². The SMILES string of the molecule is CC(NCC1(c2ccccc2)CCCC1)C(=O)Nc1ccccc1C(F)(F)F. The average molecular weight is 390 g/mol. The normalized spacial score (nSPS) is 17.3. The molecule has 1 aliphatic rings. The van der Waals surface area contributed by atoms with E-state index in [0.717, 1.165) is 31.7 Å². The molecule has 2 aromatic carbocycles. The van der Waals surface area contributed by atoms with E-state index in [1.165, 1.54) is 23.8 Å². The van der Waals surface area contributed by atoms with Crippen LogP contribution in [0.15, 0.2) is 54.6 Å².